The zero-order valence-corrected chi connectivity index (χ0v) is 14.0. The number of piperidine rings is 1. The predicted octanol–water partition coefficient (Wildman–Crippen LogP) is 2.26. The van der Waals surface area contributed by atoms with Gasteiger partial charge in [0.15, 0.2) is 0 Å². The Morgan fingerprint density at radius 1 is 1.33 bits per heavy atom. The molecule has 1 atom stereocenters. The largest absolute Gasteiger partial charge is 0.507 e. The standard InChI is InChI=1S/C17H19N5O.ClH/c18-9-13-15(22-7-3-4-11(19)10-22)8-14(21-17(13)20)12-5-1-2-6-16(12)23;/h1-2,5-6,8,11,23H,3-4,7,10,19H2,(H2,20,21);1H. The number of nitrogens with two attached hydrogens (primary N) is 2. The number of nitrogen functional groups attached to an aromatic ring is 1. The summed E-state index contributed by atoms with van der Waals surface area (Å²) in [7, 11) is 0. The predicted molar refractivity (Wildman–Crippen MR) is 97.1 cm³/mol. The van der Waals surface area contributed by atoms with Crippen LogP contribution in [-0.2, 0) is 0 Å². The van der Waals surface area contributed by atoms with Crippen LogP contribution >= 0.6 is 12.4 Å². The molecule has 126 valence electrons. The Morgan fingerprint density at radius 2 is 2.08 bits per heavy atom. The van der Waals surface area contributed by atoms with Crippen molar-refractivity contribution < 1.29 is 5.11 Å². The second-order valence-electron chi connectivity index (χ2n) is 5.76. The average Bonchev–Trinajstić information content (AvgIpc) is 2.54. The fourth-order valence-electron chi connectivity index (χ4n) is 2.97. The van der Waals surface area contributed by atoms with Crippen molar-refractivity contribution in [3.05, 3.63) is 35.9 Å². The van der Waals surface area contributed by atoms with E-state index in [1.165, 1.54) is 0 Å². The maximum atomic E-state index is 10.0. The summed E-state index contributed by atoms with van der Waals surface area (Å²) in [5, 5.41) is 19.5. The topological polar surface area (TPSA) is 112 Å². The van der Waals surface area contributed by atoms with Crippen molar-refractivity contribution >= 4 is 23.9 Å². The van der Waals surface area contributed by atoms with Crippen LogP contribution in [0.2, 0.25) is 0 Å². The summed E-state index contributed by atoms with van der Waals surface area (Å²) < 4.78 is 0. The molecule has 24 heavy (non-hydrogen) atoms. The van der Waals surface area contributed by atoms with E-state index in [0.717, 1.165) is 25.1 Å². The monoisotopic (exact) mass is 345 g/mol. The lowest BCUT2D eigenvalue weighted by Gasteiger charge is -2.33. The van der Waals surface area contributed by atoms with Crippen LogP contribution < -0.4 is 16.4 Å². The Balaban J connectivity index is 0.00000208. The number of anilines is 2. The van der Waals surface area contributed by atoms with Gasteiger partial charge in [-0.1, -0.05) is 12.1 Å². The third-order valence-corrected chi connectivity index (χ3v) is 4.12. The van der Waals surface area contributed by atoms with E-state index in [-0.39, 0.29) is 30.0 Å². The molecule has 1 unspecified atom stereocenters. The van der Waals surface area contributed by atoms with Gasteiger partial charge in [-0.3, -0.25) is 0 Å². The highest BCUT2D eigenvalue weighted by atomic mass is 35.5. The van der Waals surface area contributed by atoms with Crippen LogP contribution in [0, 0.1) is 11.3 Å². The van der Waals surface area contributed by atoms with Crippen LogP contribution in [0.25, 0.3) is 11.3 Å². The van der Waals surface area contributed by atoms with Gasteiger partial charge in [-0.25, -0.2) is 4.98 Å². The highest BCUT2D eigenvalue weighted by molar-refractivity contribution is 5.85. The summed E-state index contributed by atoms with van der Waals surface area (Å²) in [6.07, 6.45) is 1.95. The summed E-state index contributed by atoms with van der Waals surface area (Å²) in [5.74, 6) is 0.299. The van der Waals surface area contributed by atoms with Gasteiger partial charge in [0.2, 0.25) is 0 Å². The number of benzene rings is 1. The Morgan fingerprint density at radius 3 is 2.75 bits per heavy atom. The number of aromatic nitrogens is 1. The van der Waals surface area contributed by atoms with Gasteiger partial charge in [-0.15, -0.1) is 12.4 Å². The van der Waals surface area contributed by atoms with Crippen molar-refractivity contribution in [1.29, 1.82) is 5.26 Å². The number of aromatic hydroxyl groups is 1. The van der Waals surface area contributed by atoms with E-state index in [1.54, 1.807) is 18.2 Å². The summed E-state index contributed by atoms with van der Waals surface area (Å²) in [6.45, 7) is 1.50. The number of phenols is 1. The van der Waals surface area contributed by atoms with Gasteiger partial charge in [0.05, 0.1) is 11.4 Å². The number of nitriles is 1. The van der Waals surface area contributed by atoms with E-state index >= 15 is 0 Å². The number of hydrogen-bond donors (Lipinski definition) is 3. The second-order valence-corrected chi connectivity index (χ2v) is 5.76. The maximum Gasteiger partial charge on any atom is 0.144 e. The van der Waals surface area contributed by atoms with Crippen LogP contribution in [0.15, 0.2) is 30.3 Å². The van der Waals surface area contributed by atoms with Gasteiger partial charge in [0, 0.05) is 24.7 Å². The van der Waals surface area contributed by atoms with Crippen molar-refractivity contribution in [2.45, 2.75) is 18.9 Å². The van der Waals surface area contributed by atoms with Gasteiger partial charge in [0.25, 0.3) is 0 Å². The SMILES string of the molecule is Cl.N#Cc1c(N2CCCC(N)C2)cc(-c2ccccc2O)nc1N. The Hall–Kier alpha value is -2.49. The molecule has 1 fully saturated rings. The van der Waals surface area contributed by atoms with Crippen LogP contribution in [-0.4, -0.2) is 29.2 Å². The molecule has 1 aromatic carbocycles. The quantitative estimate of drug-likeness (QED) is 0.769. The molecule has 7 heteroatoms. The minimum Gasteiger partial charge on any atom is -0.507 e. The van der Waals surface area contributed by atoms with E-state index in [1.807, 2.05) is 12.1 Å². The van der Waals surface area contributed by atoms with E-state index < -0.39 is 0 Å². The van der Waals surface area contributed by atoms with Crippen LogP contribution in [0.3, 0.4) is 0 Å². The van der Waals surface area contributed by atoms with Gasteiger partial charge in [0.1, 0.15) is 23.2 Å². The highest BCUT2D eigenvalue weighted by Crippen LogP contribution is 2.34. The molecule has 1 aliphatic rings. The first kappa shape index (κ1) is 17.9. The molecule has 5 N–H and O–H groups in total. The molecule has 0 spiro atoms. The molecule has 0 aliphatic carbocycles. The minimum absolute atomic E-state index is 0. The fourth-order valence-corrected chi connectivity index (χ4v) is 2.97. The van der Waals surface area contributed by atoms with Crippen molar-refractivity contribution in [2.24, 2.45) is 5.73 Å². The van der Waals surface area contributed by atoms with Gasteiger partial charge in [-0.2, -0.15) is 5.26 Å². The number of nitrogens with zero attached hydrogens (tertiary/aromatic N) is 3. The van der Waals surface area contributed by atoms with Crippen molar-refractivity contribution in [3.8, 4) is 23.1 Å². The van der Waals surface area contributed by atoms with Crippen molar-refractivity contribution in [2.75, 3.05) is 23.7 Å². The molecule has 1 saturated heterocycles. The number of hydrogen-bond acceptors (Lipinski definition) is 6. The molecule has 0 bridgehead atoms. The maximum absolute atomic E-state index is 10.0. The molecule has 0 radical (unpaired) electrons. The summed E-state index contributed by atoms with van der Waals surface area (Å²) in [5.41, 5.74) is 14.3. The van der Waals surface area contributed by atoms with E-state index in [2.05, 4.69) is 16.0 Å². The molecule has 2 aromatic rings. The summed E-state index contributed by atoms with van der Waals surface area (Å²) in [4.78, 5) is 6.36. The van der Waals surface area contributed by atoms with Crippen molar-refractivity contribution in [3.63, 3.8) is 0 Å². The fraction of sp³-hybridized carbons (Fsp3) is 0.294. The zero-order chi connectivity index (χ0) is 16.4. The first-order valence-electron chi connectivity index (χ1n) is 7.59. The van der Waals surface area contributed by atoms with E-state index in [0.29, 0.717) is 23.4 Å². The highest BCUT2D eigenvalue weighted by Gasteiger charge is 2.22. The van der Waals surface area contributed by atoms with Gasteiger partial charge >= 0.3 is 0 Å². The molecular weight excluding hydrogens is 326 g/mol. The molecule has 1 aromatic heterocycles. The third-order valence-electron chi connectivity index (χ3n) is 4.12. The Bertz CT molecular complexity index is 774. The van der Waals surface area contributed by atoms with Crippen LogP contribution in [0.4, 0.5) is 11.5 Å². The van der Waals surface area contributed by atoms with Crippen LogP contribution in [0.1, 0.15) is 18.4 Å². The van der Waals surface area contributed by atoms with Gasteiger partial charge < -0.3 is 21.5 Å². The minimum atomic E-state index is 0. The Kier molecular flexibility index (Phi) is 5.50. The lowest BCUT2D eigenvalue weighted by atomic mass is 10.0. The van der Waals surface area contributed by atoms with Gasteiger partial charge in [-0.05, 0) is 31.0 Å². The first-order valence-corrected chi connectivity index (χ1v) is 7.59. The Labute approximate surface area is 147 Å². The lowest BCUT2D eigenvalue weighted by molar-refractivity contribution is 0.477. The number of para-hydroxylation sites is 1. The molecule has 3 rings (SSSR count). The number of pyridine rings is 1. The first-order chi connectivity index (χ1) is 11.1. The molecule has 0 saturated carbocycles. The number of rotatable bonds is 2. The smallest absolute Gasteiger partial charge is 0.144 e. The second kappa shape index (κ2) is 7.39. The molecule has 6 nitrogen and oxygen atoms in total. The third kappa shape index (κ3) is 3.37. The number of phenolic OH excluding ortho intramolecular Hbond substituents is 1. The van der Waals surface area contributed by atoms with E-state index in [4.69, 9.17) is 11.5 Å². The lowest BCUT2D eigenvalue weighted by Crippen LogP contribution is -2.43. The van der Waals surface area contributed by atoms with E-state index in [9.17, 15) is 10.4 Å². The van der Waals surface area contributed by atoms with Crippen LogP contribution in [0.5, 0.6) is 5.75 Å². The normalized spacial score (nSPS) is 17.0. The number of halogens is 1. The molecule has 1 aliphatic heterocycles. The van der Waals surface area contributed by atoms with Crippen molar-refractivity contribution in [1.82, 2.24) is 4.98 Å². The zero-order valence-electron chi connectivity index (χ0n) is 13.1. The summed E-state index contributed by atoms with van der Waals surface area (Å²) in [6, 6.07) is 11.0. The summed E-state index contributed by atoms with van der Waals surface area (Å²) >= 11 is 0. The molecular formula is C17H20ClN5O. The average molecular weight is 346 g/mol. The molecule has 0 amide bonds. The molecule has 2 heterocycles.